The van der Waals surface area contributed by atoms with Gasteiger partial charge in [0.05, 0.1) is 4.88 Å². The zero-order valence-electron chi connectivity index (χ0n) is 7.10. The molecular weight excluding hydrogens is 238 g/mol. The molecule has 1 rings (SSSR count). The van der Waals surface area contributed by atoms with E-state index in [1.165, 1.54) is 0 Å². The van der Waals surface area contributed by atoms with Crippen LogP contribution in [0.5, 0.6) is 0 Å². The number of nitrogens with one attached hydrogen (secondary N) is 1. The fraction of sp³-hybridized carbons (Fsp3) is 0.500. The number of thiophene rings is 1. The van der Waals surface area contributed by atoms with Crippen LogP contribution in [0.3, 0.4) is 0 Å². The summed E-state index contributed by atoms with van der Waals surface area (Å²) in [5.74, 6) is 0. The summed E-state index contributed by atoms with van der Waals surface area (Å²) in [6.07, 6.45) is 0. The van der Waals surface area contributed by atoms with Gasteiger partial charge in [-0.1, -0.05) is 0 Å². The Morgan fingerprint density at radius 2 is 2.42 bits per heavy atom. The normalized spacial score (nSPS) is 16.0. The maximum absolute atomic E-state index is 9.97. The minimum atomic E-state index is -0.776. The molecule has 4 heteroatoms. The van der Waals surface area contributed by atoms with Crippen molar-refractivity contribution >= 4 is 27.3 Å². The lowest BCUT2D eigenvalue weighted by atomic mass is 10.1. The molecule has 0 aromatic carbocycles. The number of aliphatic hydroxyl groups is 1. The summed E-state index contributed by atoms with van der Waals surface area (Å²) < 4.78 is 0.979. The largest absolute Gasteiger partial charge is 0.383 e. The summed E-state index contributed by atoms with van der Waals surface area (Å²) in [7, 11) is 1.83. The van der Waals surface area contributed by atoms with Crippen LogP contribution in [0.15, 0.2) is 15.9 Å². The van der Waals surface area contributed by atoms with Gasteiger partial charge in [-0.05, 0) is 41.3 Å². The first-order chi connectivity index (χ1) is 5.58. The van der Waals surface area contributed by atoms with E-state index < -0.39 is 5.60 Å². The second-order valence-corrected chi connectivity index (χ2v) is 4.67. The van der Waals surface area contributed by atoms with Crippen LogP contribution in [-0.4, -0.2) is 18.7 Å². The van der Waals surface area contributed by atoms with Gasteiger partial charge in [-0.3, -0.25) is 0 Å². The smallest absolute Gasteiger partial charge is 0.109 e. The van der Waals surface area contributed by atoms with Crippen LogP contribution in [0.4, 0.5) is 0 Å². The van der Waals surface area contributed by atoms with Gasteiger partial charge in [0.15, 0.2) is 0 Å². The molecule has 2 N–H and O–H groups in total. The second kappa shape index (κ2) is 3.87. The quantitative estimate of drug-likeness (QED) is 0.859. The van der Waals surface area contributed by atoms with Crippen molar-refractivity contribution in [3.05, 3.63) is 20.8 Å². The van der Waals surface area contributed by atoms with Gasteiger partial charge in [-0.2, -0.15) is 0 Å². The Bertz CT molecular complexity index is 259. The van der Waals surface area contributed by atoms with E-state index in [1.807, 2.05) is 18.5 Å². The average Bonchev–Trinajstić information content (AvgIpc) is 2.35. The molecule has 0 aliphatic heterocycles. The van der Waals surface area contributed by atoms with Crippen molar-refractivity contribution in [2.45, 2.75) is 12.5 Å². The summed E-state index contributed by atoms with van der Waals surface area (Å²) in [4.78, 5) is 0.969. The third-order valence-corrected chi connectivity index (χ3v) is 3.72. The summed E-state index contributed by atoms with van der Waals surface area (Å²) in [6.45, 7) is 2.37. The van der Waals surface area contributed by atoms with Crippen LogP contribution in [-0.2, 0) is 5.60 Å². The van der Waals surface area contributed by atoms with E-state index in [9.17, 15) is 5.11 Å². The summed E-state index contributed by atoms with van der Waals surface area (Å²) >= 11 is 4.95. The van der Waals surface area contributed by atoms with Crippen molar-refractivity contribution in [3.8, 4) is 0 Å². The summed E-state index contributed by atoms with van der Waals surface area (Å²) in [6, 6.07) is 1.95. The highest BCUT2D eigenvalue weighted by Gasteiger charge is 2.25. The molecule has 1 heterocycles. The van der Waals surface area contributed by atoms with Gasteiger partial charge in [-0.25, -0.2) is 0 Å². The first kappa shape index (κ1) is 10.2. The molecule has 1 unspecified atom stereocenters. The fourth-order valence-corrected chi connectivity index (χ4v) is 2.96. The highest BCUT2D eigenvalue weighted by atomic mass is 79.9. The van der Waals surface area contributed by atoms with Crippen LogP contribution in [0.2, 0.25) is 0 Å². The zero-order chi connectivity index (χ0) is 9.19. The lowest BCUT2D eigenvalue weighted by molar-refractivity contribution is 0.0623. The minimum Gasteiger partial charge on any atom is -0.383 e. The lowest BCUT2D eigenvalue weighted by Crippen LogP contribution is -2.32. The first-order valence-corrected chi connectivity index (χ1v) is 5.35. The Balaban J connectivity index is 2.88. The van der Waals surface area contributed by atoms with Crippen LogP contribution in [0.1, 0.15) is 11.8 Å². The Labute approximate surface area is 84.7 Å². The van der Waals surface area contributed by atoms with Crippen LogP contribution in [0, 0.1) is 0 Å². The molecule has 0 saturated carbocycles. The molecule has 0 bridgehead atoms. The molecule has 0 aliphatic rings. The van der Waals surface area contributed by atoms with E-state index in [2.05, 4.69) is 21.2 Å². The number of hydrogen-bond donors (Lipinski definition) is 2. The van der Waals surface area contributed by atoms with Crippen molar-refractivity contribution in [1.82, 2.24) is 5.32 Å². The maximum atomic E-state index is 9.97. The highest BCUT2D eigenvalue weighted by Crippen LogP contribution is 2.32. The number of halogens is 1. The predicted octanol–water partition coefficient (Wildman–Crippen LogP) is 1.94. The van der Waals surface area contributed by atoms with Crippen molar-refractivity contribution in [3.63, 3.8) is 0 Å². The van der Waals surface area contributed by atoms with E-state index >= 15 is 0 Å². The van der Waals surface area contributed by atoms with Gasteiger partial charge in [0.2, 0.25) is 0 Å². The van der Waals surface area contributed by atoms with E-state index in [4.69, 9.17) is 0 Å². The second-order valence-electron chi connectivity index (χ2n) is 2.90. The Hall–Kier alpha value is 0.100. The monoisotopic (exact) mass is 249 g/mol. The molecule has 1 aromatic heterocycles. The summed E-state index contributed by atoms with van der Waals surface area (Å²) in [5.41, 5.74) is -0.776. The van der Waals surface area contributed by atoms with Crippen molar-refractivity contribution < 1.29 is 5.11 Å². The Morgan fingerprint density at radius 1 is 1.75 bits per heavy atom. The lowest BCUT2D eigenvalue weighted by Gasteiger charge is -2.21. The van der Waals surface area contributed by atoms with E-state index in [0.717, 1.165) is 9.35 Å². The van der Waals surface area contributed by atoms with Crippen LogP contribution >= 0.6 is 27.3 Å². The summed E-state index contributed by atoms with van der Waals surface area (Å²) in [5, 5.41) is 14.9. The number of hydrogen-bond acceptors (Lipinski definition) is 3. The third-order valence-electron chi connectivity index (χ3n) is 1.63. The van der Waals surface area contributed by atoms with E-state index in [0.29, 0.717) is 6.54 Å². The van der Waals surface area contributed by atoms with Gasteiger partial charge in [0.1, 0.15) is 5.60 Å². The SMILES string of the molecule is CNCC(C)(O)c1sccc1Br. The zero-order valence-corrected chi connectivity index (χ0v) is 9.50. The molecule has 68 valence electrons. The van der Waals surface area contributed by atoms with Gasteiger partial charge < -0.3 is 10.4 Å². The van der Waals surface area contributed by atoms with Crippen LogP contribution < -0.4 is 5.32 Å². The topological polar surface area (TPSA) is 32.3 Å². The Kier molecular flexibility index (Phi) is 3.29. The maximum Gasteiger partial charge on any atom is 0.109 e. The van der Waals surface area contributed by atoms with Gasteiger partial charge in [0, 0.05) is 11.0 Å². The van der Waals surface area contributed by atoms with Crippen molar-refractivity contribution in [1.29, 1.82) is 0 Å². The average molecular weight is 250 g/mol. The molecule has 2 nitrogen and oxygen atoms in total. The van der Waals surface area contributed by atoms with E-state index in [1.54, 1.807) is 18.3 Å². The third kappa shape index (κ3) is 2.07. The molecule has 12 heavy (non-hydrogen) atoms. The minimum absolute atomic E-state index is 0.562. The molecule has 0 radical (unpaired) electrons. The molecule has 1 atom stereocenters. The van der Waals surface area contributed by atoms with Gasteiger partial charge in [0.25, 0.3) is 0 Å². The first-order valence-electron chi connectivity index (χ1n) is 3.68. The van der Waals surface area contributed by atoms with Crippen molar-refractivity contribution in [2.24, 2.45) is 0 Å². The standard InChI is InChI=1S/C8H12BrNOS/c1-8(11,5-10-2)7-6(9)3-4-12-7/h3-4,10-11H,5H2,1-2H3. The van der Waals surface area contributed by atoms with Gasteiger partial charge >= 0.3 is 0 Å². The fourth-order valence-electron chi connectivity index (χ4n) is 1.10. The highest BCUT2D eigenvalue weighted by molar-refractivity contribution is 9.10. The number of likely N-dealkylation sites (N-methyl/N-ethyl adjacent to an activating group) is 1. The molecule has 0 spiro atoms. The molecule has 0 saturated heterocycles. The number of rotatable bonds is 3. The molecule has 0 aliphatic carbocycles. The molecule has 1 aromatic rings. The predicted molar refractivity (Wildman–Crippen MR) is 55.5 cm³/mol. The molecular formula is C8H12BrNOS. The van der Waals surface area contributed by atoms with Crippen molar-refractivity contribution in [2.75, 3.05) is 13.6 Å². The molecule has 0 amide bonds. The van der Waals surface area contributed by atoms with Crippen LogP contribution in [0.25, 0.3) is 0 Å². The van der Waals surface area contributed by atoms with Gasteiger partial charge in [-0.15, -0.1) is 11.3 Å². The van der Waals surface area contributed by atoms with E-state index in [-0.39, 0.29) is 0 Å². The molecule has 0 fully saturated rings. The Morgan fingerprint density at radius 3 is 2.83 bits per heavy atom.